The number of aliphatic hydroxyl groups is 1. The molecule has 1 atom stereocenters. The number of aliphatic hydroxyl groups excluding tert-OH is 1. The van der Waals surface area contributed by atoms with Gasteiger partial charge in [-0.1, -0.05) is 17.7 Å². The Morgan fingerprint density at radius 1 is 1.33 bits per heavy atom. The maximum atomic E-state index is 9.08. The summed E-state index contributed by atoms with van der Waals surface area (Å²) in [7, 11) is 3.90. The molecule has 3 nitrogen and oxygen atoms in total. The summed E-state index contributed by atoms with van der Waals surface area (Å²) in [6.07, 6.45) is 0. The molecule has 84 valence electrons. The Labute approximate surface area is 91.7 Å². The Hall–Kier alpha value is -1.06. The van der Waals surface area contributed by atoms with Gasteiger partial charge in [-0.3, -0.25) is 0 Å². The van der Waals surface area contributed by atoms with Crippen LogP contribution in [0.15, 0.2) is 24.3 Å². The summed E-state index contributed by atoms with van der Waals surface area (Å²) in [5.41, 5.74) is 2.44. The van der Waals surface area contributed by atoms with Crippen LogP contribution >= 0.6 is 0 Å². The third kappa shape index (κ3) is 3.53. The first-order valence-electron chi connectivity index (χ1n) is 5.23. The zero-order valence-electron chi connectivity index (χ0n) is 9.70. The van der Waals surface area contributed by atoms with E-state index in [-0.39, 0.29) is 12.6 Å². The van der Waals surface area contributed by atoms with Crippen molar-refractivity contribution in [2.45, 2.75) is 13.0 Å². The number of anilines is 1. The largest absolute Gasteiger partial charge is 0.395 e. The monoisotopic (exact) mass is 208 g/mol. The van der Waals surface area contributed by atoms with Gasteiger partial charge in [-0.2, -0.15) is 0 Å². The third-order valence-electron chi connectivity index (χ3n) is 2.60. The second-order valence-corrected chi connectivity index (χ2v) is 3.88. The van der Waals surface area contributed by atoms with Crippen molar-refractivity contribution < 1.29 is 5.11 Å². The van der Waals surface area contributed by atoms with Crippen LogP contribution in [-0.4, -0.2) is 38.4 Å². The van der Waals surface area contributed by atoms with Crippen LogP contribution in [0.1, 0.15) is 5.56 Å². The quantitative estimate of drug-likeness (QED) is 0.758. The van der Waals surface area contributed by atoms with Crippen molar-refractivity contribution in [2.24, 2.45) is 0 Å². The first kappa shape index (κ1) is 12.0. The van der Waals surface area contributed by atoms with Gasteiger partial charge in [0.25, 0.3) is 0 Å². The zero-order chi connectivity index (χ0) is 11.3. The third-order valence-corrected chi connectivity index (χ3v) is 2.60. The van der Waals surface area contributed by atoms with Gasteiger partial charge in [-0.15, -0.1) is 0 Å². The maximum Gasteiger partial charge on any atom is 0.0601 e. The Morgan fingerprint density at radius 2 is 1.93 bits per heavy atom. The average Bonchev–Trinajstić information content (AvgIpc) is 2.26. The highest BCUT2D eigenvalue weighted by atomic mass is 16.3. The molecule has 1 aromatic carbocycles. The summed E-state index contributed by atoms with van der Waals surface area (Å²) in [6, 6.07) is 8.51. The zero-order valence-corrected chi connectivity index (χ0v) is 9.70. The molecule has 0 aliphatic heterocycles. The van der Waals surface area contributed by atoms with Crippen LogP contribution in [0.3, 0.4) is 0 Å². The summed E-state index contributed by atoms with van der Waals surface area (Å²) >= 11 is 0. The predicted octanol–water partition coefficient (Wildman–Crippen LogP) is 1.01. The van der Waals surface area contributed by atoms with E-state index < -0.39 is 0 Å². The van der Waals surface area contributed by atoms with Crippen molar-refractivity contribution in [1.29, 1.82) is 0 Å². The second kappa shape index (κ2) is 5.73. The number of nitrogens with one attached hydrogen (secondary N) is 1. The van der Waals surface area contributed by atoms with E-state index in [2.05, 4.69) is 41.4 Å². The van der Waals surface area contributed by atoms with Gasteiger partial charge in [0.2, 0.25) is 0 Å². The molecule has 1 aromatic rings. The van der Waals surface area contributed by atoms with Crippen LogP contribution in [0.4, 0.5) is 5.69 Å². The van der Waals surface area contributed by atoms with Crippen molar-refractivity contribution in [2.75, 3.05) is 32.1 Å². The molecule has 0 heterocycles. The van der Waals surface area contributed by atoms with E-state index in [1.54, 1.807) is 0 Å². The van der Waals surface area contributed by atoms with Crippen molar-refractivity contribution >= 4 is 5.69 Å². The molecule has 15 heavy (non-hydrogen) atoms. The fourth-order valence-corrected chi connectivity index (χ4v) is 1.48. The number of benzene rings is 1. The number of rotatable bonds is 5. The first-order chi connectivity index (χ1) is 7.17. The van der Waals surface area contributed by atoms with Gasteiger partial charge in [0.15, 0.2) is 0 Å². The molecule has 0 fully saturated rings. The van der Waals surface area contributed by atoms with Crippen LogP contribution in [0, 0.1) is 6.92 Å². The van der Waals surface area contributed by atoms with Crippen molar-refractivity contribution in [1.82, 2.24) is 5.32 Å². The van der Waals surface area contributed by atoms with Crippen LogP contribution in [0.25, 0.3) is 0 Å². The highest BCUT2D eigenvalue weighted by Crippen LogP contribution is 2.13. The van der Waals surface area contributed by atoms with Crippen LogP contribution in [0.5, 0.6) is 0 Å². The van der Waals surface area contributed by atoms with E-state index in [1.807, 2.05) is 14.1 Å². The van der Waals surface area contributed by atoms with E-state index >= 15 is 0 Å². The van der Waals surface area contributed by atoms with E-state index in [1.165, 1.54) is 11.3 Å². The number of hydrogen-bond acceptors (Lipinski definition) is 3. The molecule has 0 bridgehead atoms. The number of nitrogens with zero attached hydrogens (tertiary/aromatic N) is 1. The Bertz CT molecular complexity index is 280. The molecule has 2 N–H and O–H groups in total. The second-order valence-electron chi connectivity index (χ2n) is 3.88. The van der Waals surface area contributed by atoms with E-state index in [4.69, 9.17) is 5.11 Å². The van der Waals surface area contributed by atoms with Gasteiger partial charge < -0.3 is 15.3 Å². The van der Waals surface area contributed by atoms with Gasteiger partial charge in [0, 0.05) is 25.3 Å². The molecule has 1 unspecified atom stereocenters. The van der Waals surface area contributed by atoms with E-state index in [9.17, 15) is 0 Å². The fourth-order valence-electron chi connectivity index (χ4n) is 1.48. The lowest BCUT2D eigenvalue weighted by atomic mass is 10.2. The molecule has 1 rings (SSSR count). The van der Waals surface area contributed by atoms with Crippen LogP contribution in [-0.2, 0) is 0 Å². The standard InChI is InChI=1S/C12H20N2O/c1-10-4-6-12(7-5-10)14(3)8-11(9-15)13-2/h4-7,11,13,15H,8-9H2,1-3H3. The van der Waals surface area contributed by atoms with E-state index in [0.29, 0.717) is 0 Å². The first-order valence-corrected chi connectivity index (χ1v) is 5.23. The minimum atomic E-state index is 0.122. The van der Waals surface area contributed by atoms with Crippen molar-refractivity contribution in [3.63, 3.8) is 0 Å². The molecule has 3 heteroatoms. The minimum absolute atomic E-state index is 0.122. The normalized spacial score (nSPS) is 12.5. The SMILES string of the molecule is CNC(CO)CN(C)c1ccc(C)cc1. The summed E-state index contributed by atoms with van der Waals surface area (Å²) in [6.45, 7) is 3.04. The fraction of sp³-hybridized carbons (Fsp3) is 0.500. The van der Waals surface area contributed by atoms with Gasteiger partial charge in [-0.25, -0.2) is 0 Å². The topological polar surface area (TPSA) is 35.5 Å². The Balaban J connectivity index is 2.60. The molecule has 0 amide bonds. The smallest absolute Gasteiger partial charge is 0.0601 e. The minimum Gasteiger partial charge on any atom is -0.395 e. The summed E-state index contributed by atoms with van der Waals surface area (Å²) in [5.74, 6) is 0. The molecule has 0 aliphatic rings. The lowest BCUT2D eigenvalue weighted by molar-refractivity contribution is 0.251. The lowest BCUT2D eigenvalue weighted by Crippen LogP contribution is -2.40. The molecular formula is C12H20N2O. The lowest BCUT2D eigenvalue weighted by Gasteiger charge is -2.24. The van der Waals surface area contributed by atoms with Crippen molar-refractivity contribution in [3.8, 4) is 0 Å². The molecular weight excluding hydrogens is 188 g/mol. The summed E-state index contributed by atoms with van der Waals surface area (Å²) < 4.78 is 0. The van der Waals surface area contributed by atoms with Gasteiger partial charge >= 0.3 is 0 Å². The van der Waals surface area contributed by atoms with Crippen LogP contribution in [0.2, 0.25) is 0 Å². The molecule has 0 radical (unpaired) electrons. The molecule has 0 saturated heterocycles. The molecule has 0 aromatic heterocycles. The van der Waals surface area contributed by atoms with Crippen LogP contribution < -0.4 is 10.2 Å². The van der Waals surface area contributed by atoms with Gasteiger partial charge in [-0.05, 0) is 26.1 Å². The van der Waals surface area contributed by atoms with E-state index in [0.717, 1.165) is 6.54 Å². The highest BCUT2D eigenvalue weighted by Gasteiger charge is 2.08. The van der Waals surface area contributed by atoms with Crippen molar-refractivity contribution in [3.05, 3.63) is 29.8 Å². The average molecular weight is 208 g/mol. The maximum absolute atomic E-state index is 9.08. The van der Waals surface area contributed by atoms with Gasteiger partial charge in [0.1, 0.15) is 0 Å². The number of hydrogen-bond donors (Lipinski definition) is 2. The number of aryl methyl sites for hydroxylation is 1. The highest BCUT2D eigenvalue weighted by molar-refractivity contribution is 5.46. The Kier molecular flexibility index (Phi) is 4.59. The summed E-state index contributed by atoms with van der Waals surface area (Å²) in [4.78, 5) is 2.14. The predicted molar refractivity (Wildman–Crippen MR) is 64.4 cm³/mol. The molecule has 0 aliphatic carbocycles. The van der Waals surface area contributed by atoms with Gasteiger partial charge in [0.05, 0.1) is 6.61 Å². The number of likely N-dealkylation sites (N-methyl/N-ethyl adjacent to an activating group) is 2. The Morgan fingerprint density at radius 3 is 2.40 bits per heavy atom. The molecule has 0 saturated carbocycles. The summed E-state index contributed by atoms with van der Waals surface area (Å²) in [5, 5.41) is 12.1. The molecule has 0 spiro atoms.